The van der Waals surface area contributed by atoms with Crippen LogP contribution in [0.1, 0.15) is 18.2 Å². The Morgan fingerprint density at radius 2 is 1.70 bits per heavy atom. The first kappa shape index (κ1) is 18.6. The SMILES string of the molecule is CCc1cnc(-c2cc(F)c(OC)c(F)c2)c(-c2ccc(CC=O)cc2)n1. The van der Waals surface area contributed by atoms with Gasteiger partial charge in [0.25, 0.3) is 0 Å². The molecule has 1 heterocycles. The molecule has 0 atom stereocenters. The Hall–Kier alpha value is -3.15. The molecule has 6 heteroatoms. The van der Waals surface area contributed by atoms with Gasteiger partial charge in [-0.3, -0.25) is 4.98 Å². The first-order valence-corrected chi connectivity index (χ1v) is 8.49. The molecule has 0 aliphatic rings. The van der Waals surface area contributed by atoms with Crippen LogP contribution in [0.3, 0.4) is 0 Å². The lowest BCUT2D eigenvalue weighted by atomic mass is 10.0. The number of aryl methyl sites for hydroxylation is 1. The minimum Gasteiger partial charge on any atom is -0.491 e. The summed E-state index contributed by atoms with van der Waals surface area (Å²) in [4.78, 5) is 19.7. The molecule has 0 bridgehead atoms. The summed E-state index contributed by atoms with van der Waals surface area (Å²) in [5.41, 5.74) is 3.55. The number of hydrogen-bond acceptors (Lipinski definition) is 4. The van der Waals surface area contributed by atoms with Crippen molar-refractivity contribution in [2.24, 2.45) is 0 Å². The molecule has 4 nitrogen and oxygen atoms in total. The number of methoxy groups -OCH3 is 1. The molecule has 0 radical (unpaired) electrons. The number of ether oxygens (including phenoxy) is 1. The zero-order valence-corrected chi connectivity index (χ0v) is 15.0. The molecular weight excluding hydrogens is 350 g/mol. The fourth-order valence-corrected chi connectivity index (χ4v) is 2.80. The predicted molar refractivity (Wildman–Crippen MR) is 98.5 cm³/mol. The van der Waals surface area contributed by atoms with Gasteiger partial charge in [0.15, 0.2) is 17.4 Å². The number of halogens is 2. The molecule has 3 aromatic rings. The summed E-state index contributed by atoms with van der Waals surface area (Å²) in [7, 11) is 1.21. The molecule has 0 spiro atoms. The van der Waals surface area contributed by atoms with Gasteiger partial charge < -0.3 is 9.53 Å². The van der Waals surface area contributed by atoms with Crippen LogP contribution in [0.4, 0.5) is 8.78 Å². The van der Waals surface area contributed by atoms with E-state index in [1.165, 1.54) is 19.2 Å². The second kappa shape index (κ2) is 8.03. The third-order valence-corrected chi connectivity index (χ3v) is 4.21. The van der Waals surface area contributed by atoms with E-state index < -0.39 is 17.4 Å². The van der Waals surface area contributed by atoms with Crippen LogP contribution >= 0.6 is 0 Å². The van der Waals surface area contributed by atoms with Gasteiger partial charge >= 0.3 is 0 Å². The van der Waals surface area contributed by atoms with E-state index in [-0.39, 0.29) is 5.56 Å². The fraction of sp³-hybridized carbons (Fsp3) is 0.190. The maximum atomic E-state index is 14.2. The number of carbonyl (C=O) groups excluding carboxylic acids is 1. The van der Waals surface area contributed by atoms with Crippen LogP contribution in [0.15, 0.2) is 42.6 Å². The monoisotopic (exact) mass is 368 g/mol. The fourth-order valence-electron chi connectivity index (χ4n) is 2.80. The molecule has 0 aliphatic carbocycles. The van der Waals surface area contributed by atoms with Crippen molar-refractivity contribution < 1.29 is 18.3 Å². The van der Waals surface area contributed by atoms with Crippen molar-refractivity contribution in [1.82, 2.24) is 9.97 Å². The quantitative estimate of drug-likeness (QED) is 0.605. The Balaban J connectivity index is 2.15. The smallest absolute Gasteiger partial charge is 0.190 e. The highest BCUT2D eigenvalue weighted by Crippen LogP contribution is 2.33. The van der Waals surface area contributed by atoms with Crippen molar-refractivity contribution in [3.63, 3.8) is 0 Å². The van der Waals surface area contributed by atoms with Crippen molar-refractivity contribution >= 4 is 6.29 Å². The van der Waals surface area contributed by atoms with Crippen LogP contribution in [0.2, 0.25) is 0 Å². The highest BCUT2D eigenvalue weighted by Gasteiger charge is 2.17. The van der Waals surface area contributed by atoms with E-state index in [9.17, 15) is 13.6 Å². The lowest BCUT2D eigenvalue weighted by Gasteiger charge is -2.12. The van der Waals surface area contributed by atoms with Crippen molar-refractivity contribution in [3.8, 4) is 28.3 Å². The summed E-state index contributed by atoms with van der Waals surface area (Å²) in [6.45, 7) is 1.95. The van der Waals surface area contributed by atoms with Crippen LogP contribution in [0.5, 0.6) is 5.75 Å². The molecule has 138 valence electrons. The van der Waals surface area contributed by atoms with E-state index >= 15 is 0 Å². The third-order valence-electron chi connectivity index (χ3n) is 4.21. The minimum atomic E-state index is -0.804. The van der Waals surface area contributed by atoms with Gasteiger partial charge in [-0.2, -0.15) is 0 Å². The maximum Gasteiger partial charge on any atom is 0.190 e. The average Bonchev–Trinajstić information content (AvgIpc) is 2.68. The van der Waals surface area contributed by atoms with Crippen LogP contribution in [0, 0.1) is 11.6 Å². The summed E-state index contributed by atoms with van der Waals surface area (Å²) >= 11 is 0. The number of rotatable bonds is 6. The summed E-state index contributed by atoms with van der Waals surface area (Å²) < 4.78 is 33.1. The van der Waals surface area contributed by atoms with E-state index in [0.29, 0.717) is 24.2 Å². The Morgan fingerprint density at radius 3 is 2.26 bits per heavy atom. The summed E-state index contributed by atoms with van der Waals surface area (Å²) in [6.07, 6.45) is 3.43. The van der Waals surface area contributed by atoms with Crippen LogP contribution < -0.4 is 4.74 Å². The first-order chi connectivity index (χ1) is 13.1. The first-order valence-electron chi connectivity index (χ1n) is 8.49. The molecule has 27 heavy (non-hydrogen) atoms. The third kappa shape index (κ3) is 3.84. The summed E-state index contributed by atoms with van der Waals surface area (Å²) in [5, 5.41) is 0. The van der Waals surface area contributed by atoms with E-state index in [1.54, 1.807) is 6.20 Å². The Labute approximate surface area is 155 Å². The average molecular weight is 368 g/mol. The van der Waals surface area contributed by atoms with Gasteiger partial charge in [0, 0.05) is 23.7 Å². The normalized spacial score (nSPS) is 10.7. The Kier molecular flexibility index (Phi) is 5.54. The lowest BCUT2D eigenvalue weighted by molar-refractivity contribution is -0.107. The second-order valence-corrected chi connectivity index (χ2v) is 5.95. The lowest BCUT2D eigenvalue weighted by Crippen LogP contribution is -2.00. The van der Waals surface area contributed by atoms with Crippen molar-refractivity contribution in [3.05, 3.63) is 65.5 Å². The molecule has 0 saturated heterocycles. The van der Waals surface area contributed by atoms with E-state index in [2.05, 4.69) is 9.97 Å². The van der Waals surface area contributed by atoms with Gasteiger partial charge in [-0.25, -0.2) is 13.8 Å². The molecule has 2 aromatic carbocycles. The summed E-state index contributed by atoms with van der Waals surface area (Å²) in [5.74, 6) is -2.04. The highest BCUT2D eigenvalue weighted by molar-refractivity contribution is 5.78. The number of benzene rings is 2. The molecule has 0 saturated carbocycles. The van der Waals surface area contributed by atoms with Gasteiger partial charge in [-0.1, -0.05) is 31.2 Å². The second-order valence-electron chi connectivity index (χ2n) is 5.95. The van der Waals surface area contributed by atoms with Crippen LogP contribution in [-0.4, -0.2) is 23.4 Å². The number of hydrogen-bond donors (Lipinski definition) is 0. The van der Waals surface area contributed by atoms with Gasteiger partial charge in [0.2, 0.25) is 0 Å². The number of aromatic nitrogens is 2. The zero-order valence-electron chi connectivity index (χ0n) is 15.0. The van der Waals surface area contributed by atoms with Gasteiger partial charge in [0.1, 0.15) is 6.29 Å². The van der Waals surface area contributed by atoms with E-state index in [4.69, 9.17) is 4.74 Å². The Morgan fingerprint density at radius 1 is 1.04 bits per heavy atom. The van der Waals surface area contributed by atoms with Gasteiger partial charge in [0.05, 0.1) is 24.2 Å². The minimum absolute atomic E-state index is 0.271. The number of nitrogens with zero attached hydrogens (tertiary/aromatic N) is 2. The number of aldehydes is 1. The molecule has 1 aromatic heterocycles. The predicted octanol–water partition coefficient (Wildman–Crippen LogP) is 4.40. The molecule has 0 fully saturated rings. The molecule has 0 amide bonds. The van der Waals surface area contributed by atoms with Gasteiger partial charge in [-0.15, -0.1) is 0 Å². The van der Waals surface area contributed by atoms with Crippen molar-refractivity contribution in [2.75, 3.05) is 7.11 Å². The molecule has 0 unspecified atom stereocenters. The zero-order chi connectivity index (χ0) is 19.4. The van der Waals surface area contributed by atoms with Crippen LogP contribution in [0.25, 0.3) is 22.5 Å². The highest BCUT2D eigenvalue weighted by atomic mass is 19.1. The van der Waals surface area contributed by atoms with Crippen molar-refractivity contribution in [1.29, 1.82) is 0 Å². The largest absolute Gasteiger partial charge is 0.491 e. The topological polar surface area (TPSA) is 52.1 Å². The summed E-state index contributed by atoms with van der Waals surface area (Å²) in [6, 6.07) is 9.65. The van der Waals surface area contributed by atoms with Crippen molar-refractivity contribution in [2.45, 2.75) is 19.8 Å². The molecular formula is C21H18F2N2O2. The number of carbonyl (C=O) groups is 1. The Bertz CT molecular complexity index is 949. The standard InChI is InChI=1S/C21H18F2N2O2/c1-3-16-12-24-19(15-10-17(22)21(27-2)18(23)11-15)20(25-16)14-6-4-13(5-7-14)8-9-26/h4-7,9-12H,3,8H2,1-2H3. The molecule has 0 aliphatic heterocycles. The van der Waals surface area contributed by atoms with E-state index in [1.807, 2.05) is 31.2 Å². The molecule has 3 rings (SSSR count). The molecule has 0 N–H and O–H groups in total. The van der Waals surface area contributed by atoms with Crippen LogP contribution in [-0.2, 0) is 17.6 Å². The van der Waals surface area contributed by atoms with E-state index in [0.717, 1.165) is 23.1 Å². The van der Waals surface area contributed by atoms with Gasteiger partial charge in [-0.05, 0) is 24.1 Å². The maximum absolute atomic E-state index is 14.2.